The van der Waals surface area contributed by atoms with Crippen molar-refractivity contribution < 1.29 is 4.42 Å². The molecule has 8 heavy (non-hydrogen) atoms. The molecular formula is C6H7NO. The molecule has 2 rings (SSSR count). The largest absolute Gasteiger partial charge is 0.448 e. The summed E-state index contributed by atoms with van der Waals surface area (Å²) >= 11 is 0. The fraction of sp³-hybridized carbons (Fsp3) is 0.500. The molecule has 0 aromatic carbocycles. The molecule has 0 spiro atoms. The molecule has 1 aliphatic rings. The number of hydrogen-bond acceptors (Lipinski definition) is 2. The molecule has 0 amide bonds. The molecule has 0 bridgehead atoms. The molecule has 0 aliphatic heterocycles. The Morgan fingerprint density at radius 3 is 3.25 bits per heavy atom. The molecule has 1 aromatic heterocycles. The van der Waals surface area contributed by atoms with Crippen molar-refractivity contribution in [3.63, 3.8) is 0 Å². The van der Waals surface area contributed by atoms with Crippen molar-refractivity contribution in [3.05, 3.63) is 17.8 Å². The second-order valence-corrected chi connectivity index (χ2v) is 2.27. The summed E-state index contributed by atoms with van der Waals surface area (Å²) in [6.45, 7) is 2.15. The van der Waals surface area contributed by atoms with Crippen LogP contribution in [0.15, 0.2) is 10.8 Å². The number of oxazole rings is 1. The first kappa shape index (κ1) is 4.13. The zero-order valence-corrected chi connectivity index (χ0v) is 4.72. The summed E-state index contributed by atoms with van der Waals surface area (Å²) in [5.74, 6) is 1.71. The summed E-state index contributed by atoms with van der Waals surface area (Å²) in [5, 5.41) is 0. The van der Waals surface area contributed by atoms with E-state index < -0.39 is 0 Å². The maximum absolute atomic E-state index is 5.05. The zero-order chi connectivity index (χ0) is 5.56. The van der Waals surface area contributed by atoms with Crippen molar-refractivity contribution in [1.29, 1.82) is 0 Å². The lowest BCUT2D eigenvalue weighted by molar-refractivity contribution is 0.434. The minimum absolute atomic E-state index is 0.618. The Hall–Kier alpha value is -0.790. The maximum atomic E-state index is 5.05. The Balaban J connectivity index is 2.53. The van der Waals surface area contributed by atoms with Crippen molar-refractivity contribution in [2.24, 2.45) is 0 Å². The molecule has 0 radical (unpaired) electrons. The van der Waals surface area contributed by atoms with Gasteiger partial charge >= 0.3 is 0 Å². The summed E-state index contributed by atoms with van der Waals surface area (Å²) in [6.07, 6.45) is 2.62. The van der Waals surface area contributed by atoms with E-state index in [2.05, 4.69) is 11.9 Å². The summed E-state index contributed by atoms with van der Waals surface area (Å²) in [6, 6.07) is 0. The lowest BCUT2D eigenvalue weighted by Gasteiger charge is -2.16. The lowest BCUT2D eigenvalue weighted by atomic mass is 9.90. The fourth-order valence-electron chi connectivity index (χ4n) is 1.08. The Morgan fingerprint density at radius 1 is 1.88 bits per heavy atom. The van der Waals surface area contributed by atoms with Crippen molar-refractivity contribution in [2.75, 3.05) is 0 Å². The predicted octanol–water partition coefficient (Wildman–Crippen LogP) is 1.33. The second-order valence-electron chi connectivity index (χ2n) is 2.27. The van der Waals surface area contributed by atoms with Gasteiger partial charge in [0.2, 0.25) is 0 Å². The maximum Gasteiger partial charge on any atom is 0.181 e. The zero-order valence-electron chi connectivity index (χ0n) is 4.72. The Bertz CT molecular complexity index is 204. The van der Waals surface area contributed by atoms with E-state index in [-0.39, 0.29) is 0 Å². The Labute approximate surface area is 47.5 Å². The SMILES string of the molecule is CC1Cc2ncoc21. The molecular weight excluding hydrogens is 102 g/mol. The average Bonchev–Trinajstić information content (AvgIpc) is 2.09. The van der Waals surface area contributed by atoms with Crippen LogP contribution >= 0.6 is 0 Å². The van der Waals surface area contributed by atoms with Gasteiger partial charge in [0.1, 0.15) is 5.76 Å². The van der Waals surface area contributed by atoms with Gasteiger partial charge < -0.3 is 4.42 Å². The van der Waals surface area contributed by atoms with Crippen molar-refractivity contribution in [2.45, 2.75) is 19.3 Å². The third kappa shape index (κ3) is 0.312. The van der Waals surface area contributed by atoms with Gasteiger partial charge in [-0.25, -0.2) is 4.98 Å². The van der Waals surface area contributed by atoms with Crippen molar-refractivity contribution >= 4 is 0 Å². The first-order valence-electron chi connectivity index (χ1n) is 2.80. The number of rotatable bonds is 0. The van der Waals surface area contributed by atoms with Crippen LogP contribution in [-0.2, 0) is 6.42 Å². The molecule has 0 N–H and O–H groups in total. The van der Waals surface area contributed by atoms with Crippen LogP contribution in [-0.4, -0.2) is 4.98 Å². The highest BCUT2D eigenvalue weighted by Gasteiger charge is 2.26. The van der Waals surface area contributed by atoms with Crippen LogP contribution in [0.1, 0.15) is 24.3 Å². The molecule has 1 unspecified atom stereocenters. The van der Waals surface area contributed by atoms with Gasteiger partial charge in [0.25, 0.3) is 0 Å². The van der Waals surface area contributed by atoms with Gasteiger partial charge in [-0.15, -0.1) is 0 Å². The van der Waals surface area contributed by atoms with E-state index in [1.165, 1.54) is 6.39 Å². The lowest BCUT2D eigenvalue weighted by Crippen LogP contribution is -2.11. The van der Waals surface area contributed by atoms with E-state index in [9.17, 15) is 0 Å². The quantitative estimate of drug-likeness (QED) is 0.502. The van der Waals surface area contributed by atoms with Gasteiger partial charge in [0.15, 0.2) is 6.39 Å². The summed E-state index contributed by atoms with van der Waals surface area (Å²) in [4.78, 5) is 3.99. The number of fused-ring (bicyclic) bond motifs is 1. The summed E-state index contributed by atoms with van der Waals surface area (Å²) < 4.78 is 5.05. The minimum atomic E-state index is 0.618. The normalized spacial score (nSPS) is 24.4. The number of nitrogens with zero attached hydrogens (tertiary/aromatic N) is 1. The third-order valence-electron chi connectivity index (χ3n) is 1.62. The van der Waals surface area contributed by atoms with Gasteiger partial charge in [-0.05, 0) is 0 Å². The van der Waals surface area contributed by atoms with E-state index in [1.807, 2.05) is 0 Å². The van der Waals surface area contributed by atoms with Gasteiger partial charge in [0.05, 0.1) is 5.69 Å². The van der Waals surface area contributed by atoms with E-state index in [1.54, 1.807) is 0 Å². The van der Waals surface area contributed by atoms with Gasteiger partial charge in [-0.2, -0.15) is 0 Å². The fourth-order valence-corrected chi connectivity index (χ4v) is 1.08. The van der Waals surface area contributed by atoms with Gasteiger partial charge in [-0.3, -0.25) is 0 Å². The van der Waals surface area contributed by atoms with Crippen molar-refractivity contribution in [1.82, 2.24) is 4.98 Å². The standard InChI is InChI=1S/C6H7NO/c1-4-2-5-6(4)8-3-7-5/h3-4H,2H2,1H3. The van der Waals surface area contributed by atoms with E-state index >= 15 is 0 Å². The molecule has 2 heteroatoms. The highest BCUT2D eigenvalue weighted by atomic mass is 16.3. The molecule has 1 aliphatic carbocycles. The van der Waals surface area contributed by atoms with Crippen LogP contribution in [0, 0.1) is 0 Å². The third-order valence-corrected chi connectivity index (χ3v) is 1.62. The van der Waals surface area contributed by atoms with Crippen LogP contribution in [0.5, 0.6) is 0 Å². The van der Waals surface area contributed by atoms with Crippen molar-refractivity contribution in [3.8, 4) is 0 Å². The molecule has 0 saturated carbocycles. The smallest absolute Gasteiger partial charge is 0.181 e. The van der Waals surface area contributed by atoms with Crippen LogP contribution in [0.4, 0.5) is 0 Å². The number of hydrogen-bond donors (Lipinski definition) is 0. The molecule has 42 valence electrons. The summed E-state index contributed by atoms with van der Waals surface area (Å²) in [5.41, 5.74) is 1.15. The van der Waals surface area contributed by atoms with E-state index in [0.29, 0.717) is 5.92 Å². The first-order chi connectivity index (χ1) is 3.88. The van der Waals surface area contributed by atoms with Crippen LogP contribution in [0.25, 0.3) is 0 Å². The molecule has 1 atom stereocenters. The predicted molar refractivity (Wildman–Crippen MR) is 28.6 cm³/mol. The van der Waals surface area contributed by atoms with E-state index in [4.69, 9.17) is 4.42 Å². The van der Waals surface area contributed by atoms with Crippen LogP contribution in [0.3, 0.4) is 0 Å². The topological polar surface area (TPSA) is 26.0 Å². The highest BCUT2D eigenvalue weighted by Crippen LogP contribution is 2.32. The highest BCUT2D eigenvalue weighted by molar-refractivity contribution is 5.23. The molecule has 1 heterocycles. The summed E-state index contributed by atoms with van der Waals surface area (Å²) in [7, 11) is 0. The van der Waals surface area contributed by atoms with Gasteiger partial charge in [0, 0.05) is 12.3 Å². The average molecular weight is 109 g/mol. The molecule has 0 fully saturated rings. The number of aromatic nitrogens is 1. The minimum Gasteiger partial charge on any atom is -0.448 e. The van der Waals surface area contributed by atoms with Gasteiger partial charge in [-0.1, -0.05) is 6.92 Å². The first-order valence-corrected chi connectivity index (χ1v) is 2.80. The monoisotopic (exact) mass is 109 g/mol. The second kappa shape index (κ2) is 1.13. The Morgan fingerprint density at radius 2 is 2.75 bits per heavy atom. The molecule has 0 saturated heterocycles. The van der Waals surface area contributed by atoms with E-state index in [0.717, 1.165) is 17.9 Å². The van der Waals surface area contributed by atoms with Crippen LogP contribution in [0.2, 0.25) is 0 Å². The van der Waals surface area contributed by atoms with Crippen LogP contribution < -0.4 is 0 Å². The Kier molecular flexibility index (Phi) is 0.583. The molecule has 2 nitrogen and oxygen atoms in total. The molecule has 1 aromatic rings.